The number of nitrogens with two attached hydrogens (primary N) is 1. The lowest BCUT2D eigenvalue weighted by atomic mass is 10.2. The molecule has 2 N–H and O–H groups in total. The highest BCUT2D eigenvalue weighted by atomic mass is 32.2. The average molecular weight is 397 g/mol. The van der Waals surface area contributed by atoms with Crippen molar-refractivity contribution in [1.82, 2.24) is 4.90 Å². The Morgan fingerprint density at radius 1 is 1.15 bits per heavy atom. The first-order chi connectivity index (χ1) is 12.4. The number of carbonyl (C=O) groups is 1. The van der Waals surface area contributed by atoms with Crippen molar-refractivity contribution in [3.05, 3.63) is 52.2 Å². The van der Waals surface area contributed by atoms with Crippen LogP contribution in [0.3, 0.4) is 0 Å². The summed E-state index contributed by atoms with van der Waals surface area (Å²) in [5.74, 6) is -0.0386. The molecule has 0 fully saturated rings. The number of methoxy groups -OCH3 is 1. The number of hydrogen-bond acceptors (Lipinski definition) is 6. The standard InChI is InChI=1S/C18H24N2O4S2/c1-24-17-7-3-2-5-15(17)13-20(14-16-6-4-10-25-16)9-12-26(22,23)11-8-18(19)21/h2-7,10H,8-9,11-14H2,1H3,(H2,19,21). The molecule has 1 aromatic heterocycles. The van der Waals surface area contributed by atoms with Gasteiger partial charge in [-0.05, 0) is 17.5 Å². The van der Waals surface area contributed by atoms with E-state index < -0.39 is 15.7 Å². The van der Waals surface area contributed by atoms with Gasteiger partial charge in [-0.2, -0.15) is 0 Å². The summed E-state index contributed by atoms with van der Waals surface area (Å²) in [6.07, 6.45) is -0.139. The fourth-order valence-corrected chi connectivity index (χ4v) is 4.54. The molecule has 142 valence electrons. The number of benzene rings is 1. The second-order valence-corrected chi connectivity index (χ2v) is 9.31. The van der Waals surface area contributed by atoms with Gasteiger partial charge >= 0.3 is 0 Å². The Kier molecular flexibility index (Phi) is 7.62. The van der Waals surface area contributed by atoms with Gasteiger partial charge < -0.3 is 10.5 Å². The molecule has 26 heavy (non-hydrogen) atoms. The fraction of sp³-hybridized carbons (Fsp3) is 0.389. The van der Waals surface area contributed by atoms with Gasteiger partial charge in [0.1, 0.15) is 5.75 Å². The van der Waals surface area contributed by atoms with Crippen LogP contribution in [0.4, 0.5) is 0 Å². The van der Waals surface area contributed by atoms with Crippen LogP contribution in [0.1, 0.15) is 16.9 Å². The van der Waals surface area contributed by atoms with Crippen LogP contribution in [-0.2, 0) is 27.7 Å². The highest BCUT2D eigenvalue weighted by molar-refractivity contribution is 7.91. The minimum atomic E-state index is -3.33. The number of thiophene rings is 1. The van der Waals surface area contributed by atoms with Crippen molar-refractivity contribution in [3.63, 3.8) is 0 Å². The Morgan fingerprint density at radius 2 is 1.92 bits per heavy atom. The molecule has 1 amide bonds. The lowest BCUT2D eigenvalue weighted by Gasteiger charge is -2.23. The van der Waals surface area contributed by atoms with Crippen molar-refractivity contribution in [3.8, 4) is 5.75 Å². The van der Waals surface area contributed by atoms with Gasteiger partial charge in [0.15, 0.2) is 9.84 Å². The molecule has 6 nitrogen and oxygen atoms in total. The van der Waals surface area contributed by atoms with Crippen LogP contribution in [0, 0.1) is 0 Å². The predicted octanol–water partition coefficient (Wildman–Crippen LogP) is 2.05. The Bertz CT molecular complexity index is 804. The lowest BCUT2D eigenvalue weighted by molar-refractivity contribution is -0.117. The SMILES string of the molecule is COc1ccccc1CN(CCS(=O)(=O)CCC(N)=O)Cc1cccs1. The number of nitrogens with zero attached hydrogens (tertiary/aromatic N) is 1. The molecule has 1 heterocycles. The van der Waals surface area contributed by atoms with Crippen LogP contribution in [0.15, 0.2) is 41.8 Å². The van der Waals surface area contributed by atoms with Gasteiger partial charge in [0.25, 0.3) is 0 Å². The van der Waals surface area contributed by atoms with Crippen molar-refractivity contribution < 1.29 is 17.9 Å². The number of sulfone groups is 1. The highest BCUT2D eigenvalue weighted by Gasteiger charge is 2.17. The average Bonchev–Trinajstić information content (AvgIpc) is 3.12. The summed E-state index contributed by atoms with van der Waals surface area (Å²) < 4.78 is 29.7. The minimum absolute atomic E-state index is 0.0131. The summed E-state index contributed by atoms with van der Waals surface area (Å²) in [4.78, 5) is 14.1. The minimum Gasteiger partial charge on any atom is -0.496 e. The second-order valence-electron chi connectivity index (χ2n) is 5.97. The van der Waals surface area contributed by atoms with E-state index in [1.165, 1.54) is 0 Å². The molecule has 0 aliphatic carbocycles. The Morgan fingerprint density at radius 3 is 2.58 bits per heavy atom. The molecule has 2 aromatic rings. The van der Waals surface area contributed by atoms with Crippen LogP contribution in [0.2, 0.25) is 0 Å². The first-order valence-electron chi connectivity index (χ1n) is 8.25. The largest absolute Gasteiger partial charge is 0.496 e. The van der Waals surface area contributed by atoms with Gasteiger partial charge in [0.2, 0.25) is 5.91 Å². The fourth-order valence-electron chi connectivity index (χ4n) is 2.54. The molecule has 0 unspecified atom stereocenters. The molecular weight excluding hydrogens is 372 g/mol. The molecule has 0 atom stereocenters. The highest BCUT2D eigenvalue weighted by Crippen LogP contribution is 2.21. The van der Waals surface area contributed by atoms with E-state index in [4.69, 9.17) is 10.5 Å². The van der Waals surface area contributed by atoms with Gasteiger partial charge in [-0.3, -0.25) is 9.69 Å². The summed E-state index contributed by atoms with van der Waals surface area (Å²) in [7, 11) is -1.71. The molecule has 0 radical (unpaired) electrons. The molecule has 0 bridgehead atoms. The summed E-state index contributed by atoms with van der Waals surface area (Å²) in [6, 6.07) is 11.7. The third kappa shape index (κ3) is 6.78. The lowest BCUT2D eigenvalue weighted by Crippen LogP contribution is -2.30. The Labute approximate surface area is 158 Å². The molecule has 0 saturated carbocycles. The molecule has 1 aromatic carbocycles. The van der Waals surface area contributed by atoms with Crippen molar-refractivity contribution in [2.45, 2.75) is 19.5 Å². The summed E-state index contributed by atoms with van der Waals surface area (Å²) in [5, 5.41) is 2.00. The molecule has 0 saturated heterocycles. The first kappa shape index (κ1) is 20.4. The number of ether oxygens (including phenoxy) is 1. The molecule has 0 aliphatic rings. The van der Waals surface area contributed by atoms with E-state index in [1.807, 2.05) is 41.8 Å². The summed E-state index contributed by atoms with van der Waals surface area (Å²) in [5.41, 5.74) is 6.05. The van der Waals surface area contributed by atoms with E-state index in [0.29, 0.717) is 19.6 Å². The molecule has 8 heteroatoms. The monoisotopic (exact) mass is 396 g/mol. The van der Waals surface area contributed by atoms with Crippen LogP contribution in [0.5, 0.6) is 5.75 Å². The van der Waals surface area contributed by atoms with Crippen LogP contribution in [0.25, 0.3) is 0 Å². The Hall–Kier alpha value is -1.90. The number of hydrogen-bond donors (Lipinski definition) is 1. The third-order valence-corrected chi connectivity index (χ3v) is 6.42. The Balaban J connectivity index is 2.07. The first-order valence-corrected chi connectivity index (χ1v) is 10.9. The zero-order chi connectivity index (χ0) is 19.0. The van der Waals surface area contributed by atoms with E-state index in [2.05, 4.69) is 4.90 Å². The molecule has 2 rings (SSSR count). The maximum absolute atomic E-state index is 12.2. The molecule has 0 spiro atoms. The molecular formula is C18H24N2O4S2. The van der Waals surface area contributed by atoms with E-state index in [-0.39, 0.29) is 17.9 Å². The van der Waals surface area contributed by atoms with Crippen molar-refractivity contribution in [2.24, 2.45) is 5.73 Å². The maximum atomic E-state index is 12.2. The summed E-state index contributed by atoms with van der Waals surface area (Å²) in [6.45, 7) is 1.60. The van der Waals surface area contributed by atoms with Gasteiger partial charge in [0, 0.05) is 36.5 Å². The number of amides is 1. The number of carbonyl (C=O) groups excluding carboxylic acids is 1. The van der Waals surface area contributed by atoms with Crippen LogP contribution >= 0.6 is 11.3 Å². The second kappa shape index (κ2) is 9.70. The van der Waals surface area contributed by atoms with E-state index in [1.54, 1.807) is 18.4 Å². The topological polar surface area (TPSA) is 89.7 Å². The quantitative estimate of drug-likeness (QED) is 0.628. The van der Waals surface area contributed by atoms with Crippen molar-refractivity contribution in [1.29, 1.82) is 0 Å². The number of primary amides is 1. The normalized spacial score (nSPS) is 11.6. The zero-order valence-corrected chi connectivity index (χ0v) is 16.4. The van der Waals surface area contributed by atoms with Gasteiger partial charge in [-0.25, -0.2) is 8.42 Å². The zero-order valence-electron chi connectivity index (χ0n) is 14.8. The van der Waals surface area contributed by atoms with E-state index in [0.717, 1.165) is 16.2 Å². The molecule has 0 aliphatic heterocycles. The summed E-state index contributed by atoms with van der Waals surface area (Å²) >= 11 is 1.64. The van der Waals surface area contributed by atoms with E-state index in [9.17, 15) is 13.2 Å². The predicted molar refractivity (Wildman–Crippen MR) is 104 cm³/mol. The van der Waals surface area contributed by atoms with E-state index >= 15 is 0 Å². The van der Waals surface area contributed by atoms with Gasteiger partial charge in [0.05, 0.1) is 18.6 Å². The van der Waals surface area contributed by atoms with Gasteiger partial charge in [-0.1, -0.05) is 24.3 Å². The van der Waals surface area contributed by atoms with Crippen LogP contribution in [-0.4, -0.2) is 44.4 Å². The maximum Gasteiger partial charge on any atom is 0.218 e. The number of para-hydroxylation sites is 1. The van der Waals surface area contributed by atoms with Gasteiger partial charge in [-0.15, -0.1) is 11.3 Å². The van der Waals surface area contributed by atoms with Crippen LogP contribution < -0.4 is 10.5 Å². The van der Waals surface area contributed by atoms with Crippen molar-refractivity contribution >= 4 is 27.1 Å². The number of rotatable bonds is 11. The smallest absolute Gasteiger partial charge is 0.218 e. The third-order valence-electron chi connectivity index (χ3n) is 3.92. The van der Waals surface area contributed by atoms with Crippen molar-refractivity contribution in [2.75, 3.05) is 25.2 Å².